The summed E-state index contributed by atoms with van der Waals surface area (Å²) in [7, 11) is 0. The summed E-state index contributed by atoms with van der Waals surface area (Å²) in [5.41, 5.74) is 6.81. The molecular formula is C16H26FN3O. The number of benzene rings is 1. The van der Waals surface area contributed by atoms with Crippen molar-refractivity contribution in [1.82, 2.24) is 4.90 Å². The number of nitrogens with zero attached hydrogens (tertiary/aromatic N) is 2. The third kappa shape index (κ3) is 6.12. The van der Waals surface area contributed by atoms with Crippen LogP contribution in [0.5, 0.6) is 0 Å². The first-order chi connectivity index (χ1) is 10.1. The van der Waals surface area contributed by atoms with Crippen LogP contribution in [0.25, 0.3) is 0 Å². The maximum Gasteiger partial charge on any atom is 0.170 e. The summed E-state index contributed by atoms with van der Waals surface area (Å²) < 4.78 is 13.7. The van der Waals surface area contributed by atoms with Gasteiger partial charge in [0.1, 0.15) is 5.82 Å². The van der Waals surface area contributed by atoms with Crippen LogP contribution in [-0.2, 0) is 6.54 Å². The van der Waals surface area contributed by atoms with E-state index in [1.807, 2.05) is 0 Å². The lowest BCUT2D eigenvalue weighted by molar-refractivity contribution is 0.257. The van der Waals surface area contributed by atoms with Crippen molar-refractivity contribution < 1.29 is 9.60 Å². The molecule has 21 heavy (non-hydrogen) atoms. The second kappa shape index (κ2) is 9.34. The van der Waals surface area contributed by atoms with E-state index in [2.05, 4.69) is 23.9 Å². The molecule has 0 amide bonds. The minimum absolute atomic E-state index is 0.0654. The first-order valence-corrected chi connectivity index (χ1v) is 7.60. The van der Waals surface area contributed by atoms with Crippen LogP contribution >= 0.6 is 0 Å². The van der Waals surface area contributed by atoms with Crippen molar-refractivity contribution >= 4 is 5.84 Å². The van der Waals surface area contributed by atoms with Gasteiger partial charge < -0.3 is 10.9 Å². The van der Waals surface area contributed by atoms with Gasteiger partial charge in [-0.15, -0.1) is 0 Å². The third-order valence-electron chi connectivity index (χ3n) is 3.42. The van der Waals surface area contributed by atoms with Gasteiger partial charge in [-0.25, -0.2) is 4.39 Å². The summed E-state index contributed by atoms with van der Waals surface area (Å²) >= 11 is 0. The Labute approximate surface area is 126 Å². The zero-order chi connectivity index (χ0) is 15.7. The molecule has 0 unspecified atom stereocenters. The van der Waals surface area contributed by atoms with Crippen molar-refractivity contribution in [3.05, 3.63) is 35.1 Å². The molecule has 3 N–H and O–H groups in total. The highest BCUT2D eigenvalue weighted by Crippen LogP contribution is 2.13. The van der Waals surface area contributed by atoms with Gasteiger partial charge in [0.05, 0.1) is 0 Å². The number of halogens is 1. The Morgan fingerprint density at radius 1 is 1.19 bits per heavy atom. The van der Waals surface area contributed by atoms with Crippen LogP contribution in [0.2, 0.25) is 0 Å². The summed E-state index contributed by atoms with van der Waals surface area (Å²) in [5, 5.41) is 11.6. The van der Waals surface area contributed by atoms with Gasteiger partial charge in [0.2, 0.25) is 0 Å². The minimum atomic E-state index is -0.361. The molecule has 0 aliphatic heterocycles. The number of rotatable bonds is 9. The van der Waals surface area contributed by atoms with E-state index in [1.165, 1.54) is 12.1 Å². The normalized spacial score (nSPS) is 12.1. The molecule has 0 bridgehead atoms. The SMILES string of the molecule is CCCCN(CCCC)Cc1cc(F)cc(/C(N)=N/O)c1. The standard InChI is InChI=1S/C16H26FN3O/c1-3-5-7-20(8-6-4-2)12-13-9-14(16(18)19-21)11-15(17)10-13/h9-11,21H,3-8,12H2,1-2H3,(H2,18,19). The number of hydrogen-bond acceptors (Lipinski definition) is 3. The van der Waals surface area contributed by atoms with E-state index >= 15 is 0 Å². The third-order valence-corrected chi connectivity index (χ3v) is 3.42. The molecule has 1 rings (SSSR count). The fourth-order valence-corrected chi connectivity index (χ4v) is 2.24. The summed E-state index contributed by atoms with van der Waals surface area (Å²) in [5.74, 6) is -0.426. The number of nitrogens with two attached hydrogens (primary N) is 1. The van der Waals surface area contributed by atoms with Crippen molar-refractivity contribution in [2.24, 2.45) is 10.9 Å². The minimum Gasteiger partial charge on any atom is -0.409 e. The molecule has 0 saturated carbocycles. The molecule has 0 atom stereocenters. The highest BCUT2D eigenvalue weighted by Gasteiger charge is 2.09. The van der Waals surface area contributed by atoms with Crippen LogP contribution in [0.4, 0.5) is 4.39 Å². The van der Waals surface area contributed by atoms with Gasteiger partial charge in [0.25, 0.3) is 0 Å². The smallest absolute Gasteiger partial charge is 0.170 e. The van der Waals surface area contributed by atoms with Gasteiger partial charge in [-0.2, -0.15) is 0 Å². The number of hydrogen-bond donors (Lipinski definition) is 2. The quantitative estimate of drug-likeness (QED) is 0.318. The van der Waals surface area contributed by atoms with Gasteiger partial charge in [-0.05, 0) is 49.7 Å². The summed E-state index contributed by atoms with van der Waals surface area (Å²) in [6.45, 7) is 7.02. The summed E-state index contributed by atoms with van der Waals surface area (Å²) in [4.78, 5) is 2.33. The zero-order valence-electron chi connectivity index (χ0n) is 13.0. The zero-order valence-corrected chi connectivity index (χ0v) is 13.0. The first kappa shape index (κ1) is 17.4. The second-order valence-corrected chi connectivity index (χ2v) is 5.32. The molecule has 118 valence electrons. The molecule has 0 saturated heterocycles. The average molecular weight is 295 g/mol. The maximum absolute atomic E-state index is 13.7. The lowest BCUT2D eigenvalue weighted by Gasteiger charge is -2.22. The molecule has 0 aromatic heterocycles. The molecule has 1 aromatic carbocycles. The Kier molecular flexibility index (Phi) is 7.75. The first-order valence-electron chi connectivity index (χ1n) is 7.60. The largest absolute Gasteiger partial charge is 0.409 e. The van der Waals surface area contributed by atoms with Gasteiger partial charge in [0.15, 0.2) is 5.84 Å². The molecule has 0 spiro atoms. The number of unbranched alkanes of at least 4 members (excludes halogenated alkanes) is 2. The van der Waals surface area contributed by atoms with Crippen molar-refractivity contribution in [3.63, 3.8) is 0 Å². The molecule has 1 aromatic rings. The predicted octanol–water partition coefficient (Wildman–Crippen LogP) is 3.32. The Balaban J connectivity index is 2.83. The van der Waals surface area contributed by atoms with Crippen molar-refractivity contribution in [3.8, 4) is 0 Å². The van der Waals surface area contributed by atoms with Crippen LogP contribution in [0.15, 0.2) is 23.4 Å². The molecule has 0 heterocycles. The topological polar surface area (TPSA) is 61.8 Å². The number of oxime groups is 1. The highest BCUT2D eigenvalue weighted by molar-refractivity contribution is 5.97. The van der Waals surface area contributed by atoms with E-state index in [0.717, 1.165) is 44.3 Å². The molecule has 0 radical (unpaired) electrons. The van der Waals surface area contributed by atoms with E-state index in [1.54, 1.807) is 6.07 Å². The van der Waals surface area contributed by atoms with Crippen LogP contribution < -0.4 is 5.73 Å². The van der Waals surface area contributed by atoms with Crippen LogP contribution in [-0.4, -0.2) is 29.0 Å². The van der Waals surface area contributed by atoms with Gasteiger partial charge in [-0.1, -0.05) is 31.8 Å². The van der Waals surface area contributed by atoms with Crippen molar-refractivity contribution in [1.29, 1.82) is 0 Å². The Hall–Kier alpha value is -1.62. The lowest BCUT2D eigenvalue weighted by Crippen LogP contribution is -2.26. The fraction of sp³-hybridized carbons (Fsp3) is 0.562. The van der Waals surface area contributed by atoms with Gasteiger partial charge in [-0.3, -0.25) is 4.90 Å². The Morgan fingerprint density at radius 3 is 2.33 bits per heavy atom. The molecule has 5 heteroatoms. The monoisotopic (exact) mass is 295 g/mol. The van der Waals surface area contributed by atoms with Crippen LogP contribution in [0.3, 0.4) is 0 Å². The molecule has 0 fully saturated rings. The van der Waals surface area contributed by atoms with Crippen molar-refractivity contribution in [2.45, 2.75) is 46.1 Å². The van der Waals surface area contributed by atoms with Gasteiger partial charge >= 0.3 is 0 Å². The maximum atomic E-state index is 13.7. The van der Waals surface area contributed by atoms with E-state index in [0.29, 0.717) is 12.1 Å². The van der Waals surface area contributed by atoms with E-state index < -0.39 is 0 Å². The lowest BCUT2D eigenvalue weighted by atomic mass is 10.1. The molecular weight excluding hydrogens is 269 g/mol. The predicted molar refractivity (Wildman–Crippen MR) is 84.0 cm³/mol. The highest BCUT2D eigenvalue weighted by atomic mass is 19.1. The van der Waals surface area contributed by atoms with Crippen LogP contribution in [0.1, 0.15) is 50.7 Å². The summed E-state index contributed by atoms with van der Waals surface area (Å²) in [6, 6.07) is 4.57. The van der Waals surface area contributed by atoms with Crippen LogP contribution in [0, 0.1) is 5.82 Å². The average Bonchev–Trinajstić information content (AvgIpc) is 2.48. The molecule has 0 aliphatic carbocycles. The molecule has 4 nitrogen and oxygen atoms in total. The van der Waals surface area contributed by atoms with E-state index in [4.69, 9.17) is 10.9 Å². The van der Waals surface area contributed by atoms with Crippen molar-refractivity contribution in [2.75, 3.05) is 13.1 Å². The van der Waals surface area contributed by atoms with E-state index in [-0.39, 0.29) is 11.7 Å². The second-order valence-electron chi connectivity index (χ2n) is 5.32. The van der Waals surface area contributed by atoms with Gasteiger partial charge in [0, 0.05) is 12.1 Å². The molecule has 0 aliphatic rings. The Bertz CT molecular complexity index is 455. The fourth-order valence-electron chi connectivity index (χ4n) is 2.24. The number of amidine groups is 1. The Morgan fingerprint density at radius 2 is 1.81 bits per heavy atom. The van der Waals surface area contributed by atoms with E-state index in [9.17, 15) is 4.39 Å². The summed E-state index contributed by atoms with van der Waals surface area (Å²) in [6.07, 6.45) is 4.54.